The number of pyridine rings is 1. The topological polar surface area (TPSA) is 148 Å². The van der Waals surface area contributed by atoms with Crippen LogP contribution in [0.15, 0.2) is 65.7 Å². The second-order valence-corrected chi connectivity index (χ2v) is 18.9. The van der Waals surface area contributed by atoms with E-state index in [9.17, 15) is 17.8 Å². The molecule has 1 N–H and O–H groups in total. The van der Waals surface area contributed by atoms with Crippen LogP contribution in [0.3, 0.4) is 0 Å². The predicted molar refractivity (Wildman–Crippen MR) is 224 cm³/mol. The van der Waals surface area contributed by atoms with Crippen LogP contribution in [0.4, 0.5) is 19.4 Å². The van der Waals surface area contributed by atoms with Crippen LogP contribution in [-0.4, -0.2) is 106 Å². The van der Waals surface area contributed by atoms with Gasteiger partial charge in [-0.1, -0.05) is 42.3 Å². The third-order valence-electron chi connectivity index (χ3n) is 12.3. The zero-order chi connectivity index (χ0) is 42.8. The highest BCUT2D eigenvalue weighted by atomic mass is 32.2. The lowest BCUT2D eigenvalue weighted by atomic mass is 9.94. The molecule has 4 aliphatic rings. The molecule has 4 fully saturated rings. The average molecular weight is 853 g/mol. The van der Waals surface area contributed by atoms with Gasteiger partial charge in [-0.15, -0.1) is 6.42 Å². The largest absolute Gasteiger partial charge is 0.461 e. The van der Waals surface area contributed by atoms with Crippen molar-refractivity contribution in [3.05, 3.63) is 83.6 Å². The van der Waals surface area contributed by atoms with Crippen molar-refractivity contribution in [2.24, 2.45) is 0 Å². The molecular formula is C45H46F2N6O7S. The molecule has 9 rings (SSSR count). The van der Waals surface area contributed by atoms with Gasteiger partial charge in [-0.25, -0.2) is 13.6 Å². The second-order valence-electron chi connectivity index (χ2n) is 17.5. The Morgan fingerprint density at radius 1 is 1.05 bits per heavy atom. The fraction of sp³-hybridized carbons (Fsp3) is 0.422. The minimum atomic E-state index is -4.35. The molecular weight excluding hydrogens is 807 g/mol. The lowest BCUT2D eigenvalue weighted by molar-refractivity contribution is 0.0122. The lowest BCUT2D eigenvalue weighted by Crippen LogP contribution is -2.57. The summed E-state index contributed by atoms with van der Waals surface area (Å²) in [6.45, 7) is 8.17. The summed E-state index contributed by atoms with van der Waals surface area (Å²) in [6, 6.07) is 13.7. The Hall–Kier alpha value is -5.47. The van der Waals surface area contributed by atoms with Gasteiger partial charge in [-0.05, 0) is 88.6 Å². The monoisotopic (exact) mass is 852 g/mol. The zero-order valence-corrected chi connectivity index (χ0v) is 34.9. The SMILES string of the molecule is C#Cc1c(F)ccc2cccc(-c3ncc4c(N5C[C@H]6CC[C@@H](C5)N6C(=O)OC(C)(C)C)nc(OC[C@@]56CCCN5C[C@H](OCc5cccc(S(=O)(=O)O)c5)C6)nc4c3F)c12. The summed E-state index contributed by atoms with van der Waals surface area (Å²) in [5.41, 5.74) is -0.211. The lowest BCUT2D eigenvalue weighted by Gasteiger charge is -2.42. The van der Waals surface area contributed by atoms with Gasteiger partial charge in [-0.3, -0.25) is 19.3 Å². The molecule has 4 atom stereocenters. The Kier molecular flexibility index (Phi) is 10.4. The van der Waals surface area contributed by atoms with Crippen molar-refractivity contribution in [3.8, 4) is 29.6 Å². The number of carbonyl (C=O) groups is 1. The molecule has 3 aromatic carbocycles. The van der Waals surface area contributed by atoms with Gasteiger partial charge in [0.1, 0.15) is 35.1 Å². The zero-order valence-electron chi connectivity index (χ0n) is 34.1. The van der Waals surface area contributed by atoms with E-state index in [-0.39, 0.29) is 65.2 Å². The van der Waals surface area contributed by atoms with Crippen molar-refractivity contribution >= 4 is 43.7 Å². The summed E-state index contributed by atoms with van der Waals surface area (Å²) < 4.78 is 83.8. The normalized spacial score (nSPS) is 22.8. The number of ether oxygens (including phenoxy) is 3. The van der Waals surface area contributed by atoms with Crippen LogP contribution in [0.25, 0.3) is 32.9 Å². The molecule has 0 saturated carbocycles. The van der Waals surface area contributed by atoms with Crippen LogP contribution in [0, 0.1) is 24.0 Å². The predicted octanol–water partition coefficient (Wildman–Crippen LogP) is 7.14. The molecule has 318 valence electrons. The first kappa shape index (κ1) is 40.9. The Morgan fingerprint density at radius 2 is 1.82 bits per heavy atom. The van der Waals surface area contributed by atoms with E-state index in [0.717, 1.165) is 32.2 Å². The van der Waals surface area contributed by atoms with E-state index in [2.05, 4.69) is 15.8 Å². The number of hydrogen-bond donors (Lipinski definition) is 1. The summed E-state index contributed by atoms with van der Waals surface area (Å²) in [5.74, 6) is 1.51. The third-order valence-corrected chi connectivity index (χ3v) is 13.2. The smallest absolute Gasteiger partial charge is 0.410 e. The van der Waals surface area contributed by atoms with E-state index in [1.165, 1.54) is 24.4 Å². The molecule has 0 spiro atoms. The van der Waals surface area contributed by atoms with Crippen molar-refractivity contribution < 1.29 is 40.8 Å². The number of amides is 1. The van der Waals surface area contributed by atoms with Crippen LogP contribution >= 0.6 is 0 Å². The molecule has 0 aliphatic carbocycles. The Labute approximate surface area is 352 Å². The Balaban J connectivity index is 1.05. The van der Waals surface area contributed by atoms with E-state index in [4.69, 9.17) is 30.6 Å². The van der Waals surface area contributed by atoms with Crippen LogP contribution in [0.1, 0.15) is 64.0 Å². The maximum absolute atomic E-state index is 17.2. The van der Waals surface area contributed by atoms with Crippen LogP contribution in [-0.2, 0) is 26.2 Å². The molecule has 0 radical (unpaired) electrons. The first-order chi connectivity index (χ1) is 29.1. The molecule has 2 bridgehead atoms. The maximum atomic E-state index is 17.2. The van der Waals surface area contributed by atoms with Crippen molar-refractivity contribution in [2.75, 3.05) is 37.7 Å². The van der Waals surface area contributed by atoms with Gasteiger partial charge in [0, 0.05) is 36.8 Å². The summed E-state index contributed by atoms with van der Waals surface area (Å²) in [7, 11) is -4.35. The second kappa shape index (κ2) is 15.5. The number of aromatic nitrogens is 3. The molecule has 0 unspecified atom stereocenters. The minimum absolute atomic E-state index is 0.00553. The van der Waals surface area contributed by atoms with Crippen LogP contribution in [0.2, 0.25) is 0 Å². The number of anilines is 1. The van der Waals surface area contributed by atoms with E-state index in [1.54, 1.807) is 36.4 Å². The summed E-state index contributed by atoms with van der Waals surface area (Å²) >= 11 is 0. The highest BCUT2D eigenvalue weighted by Crippen LogP contribution is 2.42. The number of carbonyl (C=O) groups excluding carboxylic acids is 1. The number of hydrogen-bond acceptors (Lipinski definition) is 11. The molecule has 4 saturated heterocycles. The summed E-state index contributed by atoms with van der Waals surface area (Å²) in [4.78, 5) is 33.6. The standard InChI is InChI=1S/C45H46F2N6O7S/c1-5-33-36(46)16-13-28-10-7-12-34(37(28)33)39-38(47)40-35(21-48-39)41(51-22-29-14-15-30(23-51)53(29)43(54)60-44(2,3)4)50-42(49-40)59-26-45-17-8-18-52(45)24-31(20-45)58-25-27-9-6-11-32(19-27)61(55,56)57/h1,6-7,9-13,16,19,21,29-31H,8,14-15,17-18,20,22-26H2,2-4H3,(H,55,56,57)/t29-,30+,31-,45+/m1/s1. The number of halogens is 2. The van der Waals surface area contributed by atoms with Crippen molar-refractivity contribution in [1.82, 2.24) is 24.8 Å². The number of piperazine rings is 1. The fourth-order valence-corrected chi connectivity index (χ4v) is 10.2. The van der Waals surface area contributed by atoms with Gasteiger partial charge in [0.15, 0.2) is 5.82 Å². The van der Waals surface area contributed by atoms with E-state index >= 15 is 8.78 Å². The highest BCUT2D eigenvalue weighted by Gasteiger charge is 2.50. The molecule has 2 aromatic heterocycles. The summed E-state index contributed by atoms with van der Waals surface area (Å²) in [6.07, 6.45) is 10.7. The summed E-state index contributed by atoms with van der Waals surface area (Å²) in [5, 5.41) is 1.35. The maximum Gasteiger partial charge on any atom is 0.410 e. The Bertz CT molecular complexity index is 2710. The van der Waals surface area contributed by atoms with Crippen molar-refractivity contribution in [1.29, 1.82) is 0 Å². The fourth-order valence-electron chi connectivity index (χ4n) is 9.68. The highest BCUT2D eigenvalue weighted by molar-refractivity contribution is 7.85. The van der Waals surface area contributed by atoms with Crippen LogP contribution < -0.4 is 9.64 Å². The first-order valence-electron chi connectivity index (χ1n) is 20.5. The molecule has 13 nitrogen and oxygen atoms in total. The van der Waals surface area contributed by atoms with Gasteiger partial charge in [0.05, 0.1) is 46.2 Å². The first-order valence-corrected chi connectivity index (χ1v) is 21.9. The molecule has 61 heavy (non-hydrogen) atoms. The third kappa shape index (κ3) is 7.73. The molecule has 16 heteroatoms. The molecule has 5 aromatic rings. The van der Waals surface area contributed by atoms with Gasteiger partial charge in [0.25, 0.3) is 10.1 Å². The molecule has 6 heterocycles. The van der Waals surface area contributed by atoms with Gasteiger partial charge in [-0.2, -0.15) is 18.4 Å². The minimum Gasteiger partial charge on any atom is -0.461 e. The number of rotatable bonds is 9. The van der Waals surface area contributed by atoms with E-state index in [1.807, 2.05) is 30.6 Å². The molecule has 4 aliphatic heterocycles. The van der Waals surface area contributed by atoms with E-state index in [0.29, 0.717) is 59.2 Å². The number of terminal acetylenes is 1. The van der Waals surface area contributed by atoms with Crippen molar-refractivity contribution in [3.63, 3.8) is 0 Å². The average Bonchev–Trinajstić information content (AvgIpc) is 3.86. The van der Waals surface area contributed by atoms with E-state index < -0.39 is 32.9 Å². The number of benzene rings is 3. The molecule has 1 amide bonds. The van der Waals surface area contributed by atoms with Gasteiger partial charge in [0.2, 0.25) is 0 Å². The van der Waals surface area contributed by atoms with Gasteiger partial charge < -0.3 is 19.1 Å². The van der Waals surface area contributed by atoms with Crippen molar-refractivity contribution in [2.45, 2.75) is 93.7 Å². The quantitative estimate of drug-likeness (QED) is 0.119. The number of fused-ring (bicyclic) bond motifs is 5. The Morgan fingerprint density at radius 3 is 2.56 bits per heavy atom. The van der Waals surface area contributed by atoms with Crippen LogP contribution in [0.5, 0.6) is 6.01 Å². The number of nitrogens with zero attached hydrogens (tertiary/aromatic N) is 6. The van der Waals surface area contributed by atoms with Gasteiger partial charge >= 0.3 is 12.1 Å².